The minimum absolute atomic E-state index is 0.496. The first kappa shape index (κ1) is 32.3. The summed E-state index contributed by atoms with van der Waals surface area (Å²) in [6.07, 6.45) is 7.77. The number of rotatable bonds is 6. The van der Waals surface area contributed by atoms with E-state index in [1.807, 2.05) is 12.1 Å². The van der Waals surface area contributed by atoms with E-state index in [0.717, 1.165) is 24.1 Å². The third-order valence-electron chi connectivity index (χ3n) is 10.4. The predicted molar refractivity (Wildman–Crippen MR) is 226 cm³/mol. The van der Waals surface area contributed by atoms with Crippen LogP contribution in [-0.2, 0) is 0 Å². The van der Waals surface area contributed by atoms with Crippen molar-refractivity contribution < 1.29 is 4.42 Å². The first-order valence-electron chi connectivity index (χ1n) is 18.4. The highest BCUT2D eigenvalue weighted by Gasteiger charge is 2.17. The van der Waals surface area contributed by atoms with Gasteiger partial charge in [-0.3, -0.25) is 0 Å². The molecule has 0 bridgehead atoms. The zero-order chi connectivity index (χ0) is 35.4. The van der Waals surface area contributed by atoms with E-state index in [4.69, 9.17) is 4.42 Å². The van der Waals surface area contributed by atoms with Crippen molar-refractivity contribution in [1.29, 1.82) is 0 Å². The number of anilines is 1. The third kappa shape index (κ3) is 6.64. The summed E-state index contributed by atoms with van der Waals surface area (Å²) >= 11 is 0. The molecule has 0 spiro atoms. The van der Waals surface area contributed by atoms with Gasteiger partial charge >= 0.3 is 0 Å². The number of hydrogen-bond donors (Lipinski definition) is 1. The number of allylic oxidation sites excluding steroid dienone is 3. The molecule has 8 aromatic carbocycles. The molecular formula is C51H39NO. The zero-order valence-corrected chi connectivity index (χ0v) is 29.5. The Labute approximate surface area is 310 Å². The van der Waals surface area contributed by atoms with Crippen LogP contribution in [0.3, 0.4) is 0 Å². The molecule has 2 heteroatoms. The lowest BCUT2D eigenvalue weighted by Gasteiger charge is -2.23. The van der Waals surface area contributed by atoms with E-state index in [1.54, 1.807) is 0 Å². The van der Waals surface area contributed by atoms with Crippen LogP contribution in [0.25, 0.3) is 71.3 Å². The van der Waals surface area contributed by atoms with E-state index in [9.17, 15) is 0 Å². The van der Waals surface area contributed by atoms with E-state index in [1.165, 1.54) is 71.4 Å². The maximum Gasteiger partial charge on any atom is 0.143 e. The standard InChI is InChI=1S/C26H16O.C25H23N/c1-2-6-17(7-3-1)19-13-14-21-20(16-19)11-10-18-12-15-23-22-8-4-5-9-24(22)27-26(23)25(18)21;1-3-9-20(10-4-1)21-15-17-24(18-16-21)26-19-23-13-7-8-14-25(23)22-11-5-2-6-12-22/h1-16H;1-12,14-18,23,26H,13,19H2. The Hall–Kier alpha value is -6.64. The summed E-state index contributed by atoms with van der Waals surface area (Å²) in [5.74, 6) is 0.496. The molecule has 1 atom stereocenters. The maximum absolute atomic E-state index is 6.29. The summed E-state index contributed by atoms with van der Waals surface area (Å²) in [5, 5.41) is 10.8. The lowest BCUT2D eigenvalue weighted by molar-refractivity contribution is 0.673. The van der Waals surface area contributed by atoms with Gasteiger partial charge in [-0.1, -0.05) is 170 Å². The van der Waals surface area contributed by atoms with E-state index in [2.05, 4.69) is 193 Å². The van der Waals surface area contributed by atoms with Gasteiger partial charge in [-0.2, -0.15) is 0 Å². The second-order valence-electron chi connectivity index (χ2n) is 13.7. The highest BCUT2D eigenvalue weighted by atomic mass is 16.3. The quantitative estimate of drug-likeness (QED) is 0.177. The minimum atomic E-state index is 0.496. The summed E-state index contributed by atoms with van der Waals surface area (Å²) in [7, 11) is 0. The molecule has 0 radical (unpaired) electrons. The van der Waals surface area contributed by atoms with Crippen LogP contribution in [0.15, 0.2) is 205 Å². The van der Waals surface area contributed by atoms with Gasteiger partial charge in [-0.05, 0) is 86.3 Å². The number of hydrogen-bond acceptors (Lipinski definition) is 2. The van der Waals surface area contributed by atoms with Crippen LogP contribution in [0.5, 0.6) is 0 Å². The molecular weight excluding hydrogens is 643 g/mol. The fourth-order valence-corrected chi connectivity index (χ4v) is 7.62. The number of fused-ring (bicyclic) bond motifs is 7. The first-order valence-corrected chi connectivity index (χ1v) is 18.4. The Morgan fingerprint density at radius 2 is 1.08 bits per heavy atom. The molecule has 1 aromatic heterocycles. The molecule has 0 fully saturated rings. The normalized spacial score (nSPS) is 13.9. The van der Waals surface area contributed by atoms with Gasteiger partial charge in [-0.25, -0.2) is 0 Å². The largest absolute Gasteiger partial charge is 0.455 e. The molecule has 0 saturated heterocycles. The van der Waals surface area contributed by atoms with Crippen LogP contribution in [0, 0.1) is 5.92 Å². The lowest BCUT2D eigenvalue weighted by Crippen LogP contribution is -2.17. The molecule has 10 rings (SSSR count). The van der Waals surface area contributed by atoms with Gasteiger partial charge in [0, 0.05) is 34.3 Å². The Balaban J connectivity index is 0.000000141. The number of benzene rings is 8. The second kappa shape index (κ2) is 14.5. The Morgan fingerprint density at radius 3 is 1.83 bits per heavy atom. The van der Waals surface area contributed by atoms with Crippen LogP contribution < -0.4 is 5.32 Å². The average molecular weight is 682 g/mol. The van der Waals surface area contributed by atoms with Crippen LogP contribution in [0.1, 0.15) is 12.0 Å². The summed E-state index contributed by atoms with van der Waals surface area (Å²) in [6, 6.07) is 64.2. The topological polar surface area (TPSA) is 25.2 Å². The minimum Gasteiger partial charge on any atom is -0.455 e. The van der Waals surface area contributed by atoms with Crippen molar-refractivity contribution in [3.8, 4) is 22.3 Å². The van der Waals surface area contributed by atoms with Crippen LogP contribution in [0.4, 0.5) is 5.69 Å². The van der Waals surface area contributed by atoms with Crippen molar-refractivity contribution in [2.45, 2.75) is 6.42 Å². The van der Waals surface area contributed by atoms with Gasteiger partial charge in [0.2, 0.25) is 0 Å². The Kier molecular flexibility index (Phi) is 8.85. The van der Waals surface area contributed by atoms with Gasteiger partial charge < -0.3 is 9.73 Å². The smallest absolute Gasteiger partial charge is 0.143 e. The van der Waals surface area contributed by atoms with Crippen molar-refractivity contribution in [3.05, 3.63) is 206 Å². The number of para-hydroxylation sites is 1. The van der Waals surface area contributed by atoms with Crippen molar-refractivity contribution in [3.63, 3.8) is 0 Å². The van der Waals surface area contributed by atoms with Crippen molar-refractivity contribution in [1.82, 2.24) is 0 Å². The molecule has 53 heavy (non-hydrogen) atoms. The van der Waals surface area contributed by atoms with Crippen LogP contribution >= 0.6 is 0 Å². The van der Waals surface area contributed by atoms with Gasteiger partial charge in [0.25, 0.3) is 0 Å². The predicted octanol–water partition coefficient (Wildman–Crippen LogP) is 14.0. The monoisotopic (exact) mass is 681 g/mol. The summed E-state index contributed by atoms with van der Waals surface area (Å²) in [4.78, 5) is 0. The molecule has 1 aliphatic carbocycles. The third-order valence-corrected chi connectivity index (χ3v) is 10.4. The van der Waals surface area contributed by atoms with Crippen LogP contribution in [0.2, 0.25) is 0 Å². The highest BCUT2D eigenvalue weighted by molar-refractivity contribution is 6.23. The van der Waals surface area contributed by atoms with E-state index < -0.39 is 0 Å². The fourth-order valence-electron chi connectivity index (χ4n) is 7.62. The lowest BCUT2D eigenvalue weighted by atomic mass is 9.86. The Bertz CT molecular complexity index is 2720. The van der Waals surface area contributed by atoms with Gasteiger partial charge in [0.05, 0.1) is 0 Å². The average Bonchev–Trinajstić information content (AvgIpc) is 3.63. The molecule has 2 nitrogen and oxygen atoms in total. The molecule has 1 unspecified atom stereocenters. The van der Waals surface area contributed by atoms with Gasteiger partial charge in [0.1, 0.15) is 11.2 Å². The molecule has 1 N–H and O–H groups in total. The first-order chi connectivity index (χ1) is 26.3. The SMILES string of the molecule is C1=CCC(CNc2ccc(-c3ccccc3)cc2)C(c2ccccc2)=C1.c1ccc(-c2ccc3c(ccc4ccc5c6ccccc6oc5c43)c2)cc1. The molecule has 0 aliphatic heterocycles. The molecule has 9 aromatic rings. The van der Waals surface area contributed by atoms with Crippen molar-refractivity contribution in [2.24, 2.45) is 5.92 Å². The summed E-state index contributed by atoms with van der Waals surface area (Å²) < 4.78 is 6.29. The van der Waals surface area contributed by atoms with E-state index >= 15 is 0 Å². The molecule has 1 heterocycles. The molecule has 0 saturated carbocycles. The number of nitrogens with one attached hydrogen (secondary N) is 1. The second-order valence-corrected chi connectivity index (χ2v) is 13.7. The van der Waals surface area contributed by atoms with Crippen LogP contribution in [-0.4, -0.2) is 6.54 Å². The zero-order valence-electron chi connectivity index (χ0n) is 29.5. The van der Waals surface area contributed by atoms with Crippen molar-refractivity contribution in [2.75, 3.05) is 11.9 Å². The summed E-state index contributed by atoms with van der Waals surface area (Å²) in [5.41, 5.74) is 10.8. The maximum atomic E-state index is 6.29. The Morgan fingerprint density at radius 1 is 0.491 bits per heavy atom. The molecule has 254 valence electrons. The highest BCUT2D eigenvalue weighted by Crippen LogP contribution is 2.38. The molecule has 1 aliphatic rings. The van der Waals surface area contributed by atoms with E-state index in [0.29, 0.717) is 5.92 Å². The summed E-state index contributed by atoms with van der Waals surface area (Å²) in [6.45, 7) is 0.940. The van der Waals surface area contributed by atoms with Gasteiger partial charge in [0.15, 0.2) is 0 Å². The van der Waals surface area contributed by atoms with Gasteiger partial charge in [-0.15, -0.1) is 0 Å². The van der Waals surface area contributed by atoms with E-state index in [-0.39, 0.29) is 0 Å². The molecule has 0 amide bonds. The number of furan rings is 1. The fraction of sp³-hybridized carbons (Fsp3) is 0.0588. The van der Waals surface area contributed by atoms with Crippen molar-refractivity contribution >= 4 is 54.7 Å².